The maximum absolute atomic E-state index is 10.8. The molecule has 0 saturated heterocycles. The van der Waals surface area contributed by atoms with Gasteiger partial charge in [-0.3, -0.25) is 10.1 Å². The fraction of sp³-hybridized carbons (Fsp3) is 0.143. The van der Waals surface area contributed by atoms with Crippen molar-refractivity contribution in [3.63, 3.8) is 0 Å². The molecule has 0 unspecified atom stereocenters. The number of nitrogens with one attached hydrogen (secondary N) is 1. The van der Waals surface area contributed by atoms with Crippen LogP contribution in [0.15, 0.2) is 30.3 Å². The Morgan fingerprint density at radius 2 is 2.15 bits per heavy atom. The fourth-order valence-electron chi connectivity index (χ4n) is 1.95. The van der Waals surface area contributed by atoms with Crippen LogP contribution in [0, 0.1) is 28.4 Å². The summed E-state index contributed by atoms with van der Waals surface area (Å²) < 4.78 is 0. The lowest BCUT2D eigenvalue weighted by Crippen LogP contribution is -2.00. The normalized spacial score (nSPS) is 9.85. The molecule has 0 saturated carbocycles. The Bertz CT molecular complexity index is 720. The first-order valence-corrected chi connectivity index (χ1v) is 5.91. The highest BCUT2D eigenvalue weighted by Gasteiger charge is 2.13. The highest BCUT2D eigenvalue weighted by Crippen LogP contribution is 2.27. The number of benzene rings is 1. The maximum Gasteiger partial charge on any atom is 0.270 e. The predicted octanol–water partition coefficient (Wildman–Crippen LogP) is 2.88. The molecule has 2 aromatic rings. The van der Waals surface area contributed by atoms with Gasteiger partial charge >= 0.3 is 0 Å². The number of non-ortho nitro benzene ring substituents is 1. The summed E-state index contributed by atoms with van der Waals surface area (Å²) in [4.78, 5) is 14.8. The molecule has 0 bridgehead atoms. The molecule has 6 heteroatoms. The number of hydrogen-bond acceptors (Lipinski definition) is 5. The van der Waals surface area contributed by atoms with E-state index in [2.05, 4.69) is 16.4 Å². The summed E-state index contributed by atoms with van der Waals surface area (Å²) in [7, 11) is 1.68. The number of anilines is 1. The molecule has 1 heterocycles. The number of aryl methyl sites for hydroxylation is 1. The van der Waals surface area contributed by atoms with Crippen molar-refractivity contribution in [3.05, 3.63) is 51.6 Å². The van der Waals surface area contributed by atoms with Crippen LogP contribution in [0.2, 0.25) is 0 Å². The zero-order valence-electron chi connectivity index (χ0n) is 11.0. The van der Waals surface area contributed by atoms with Gasteiger partial charge in [-0.2, -0.15) is 5.26 Å². The van der Waals surface area contributed by atoms with Crippen LogP contribution in [0.25, 0.3) is 11.3 Å². The summed E-state index contributed by atoms with van der Waals surface area (Å²) in [6.07, 6.45) is 0. The van der Waals surface area contributed by atoms with Gasteiger partial charge in [0.2, 0.25) is 0 Å². The zero-order chi connectivity index (χ0) is 14.7. The smallest absolute Gasteiger partial charge is 0.270 e. The zero-order valence-corrected chi connectivity index (χ0v) is 11.0. The number of nitriles is 1. The van der Waals surface area contributed by atoms with E-state index < -0.39 is 4.92 Å². The third kappa shape index (κ3) is 2.42. The van der Waals surface area contributed by atoms with Crippen molar-refractivity contribution in [2.75, 3.05) is 12.4 Å². The van der Waals surface area contributed by atoms with Crippen LogP contribution in [-0.2, 0) is 0 Å². The molecule has 1 aromatic carbocycles. The Morgan fingerprint density at radius 3 is 2.75 bits per heavy atom. The van der Waals surface area contributed by atoms with Crippen molar-refractivity contribution in [1.82, 2.24) is 4.98 Å². The standard InChI is InChI=1S/C14H12N4O2/c1-9-6-11(8-15)14(16-2)17-13(9)10-4-3-5-12(7-10)18(19)20/h3-7H,1-2H3,(H,16,17). The van der Waals surface area contributed by atoms with E-state index in [0.717, 1.165) is 5.56 Å². The van der Waals surface area contributed by atoms with Gasteiger partial charge in [-0.1, -0.05) is 12.1 Å². The first-order valence-electron chi connectivity index (χ1n) is 5.91. The minimum Gasteiger partial charge on any atom is -0.372 e. The van der Waals surface area contributed by atoms with E-state index >= 15 is 0 Å². The average molecular weight is 268 g/mol. The van der Waals surface area contributed by atoms with Gasteiger partial charge in [0.25, 0.3) is 5.69 Å². The lowest BCUT2D eigenvalue weighted by Gasteiger charge is -2.09. The van der Waals surface area contributed by atoms with Crippen molar-refractivity contribution >= 4 is 11.5 Å². The topological polar surface area (TPSA) is 91.8 Å². The van der Waals surface area contributed by atoms with E-state index in [4.69, 9.17) is 5.26 Å². The molecule has 1 aromatic heterocycles. The Balaban J connectivity index is 2.61. The number of nitro groups is 1. The van der Waals surface area contributed by atoms with E-state index in [1.807, 2.05) is 6.92 Å². The SMILES string of the molecule is CNc1nc(-c2cccc([N+](=O)[O-])c2)c(C)cc1C#N. The molecule has 0 spiro atoms. The molecular formula is C14H12N4O2. The molecule has 0 aliphatic heterocycles. The monoisotopic (exact) mass is 268 g/mol. The third-order valence-electron chi connectivity index (χ3n) is 2.90. The largest absolute Gasteiger partial charge is 0.372 e. The van der Waals surface area contributed by atoms with Gasteiger partial charge in [-0.15, -0.1) is 0 Å². The summed E-state index contributed by atoms with van der Waals surface area (Å²) >= 11 is 0. The number of nitrogens with zero attached hydrogens (tertiary/aromatic N) is 3. The van der Waals surface area contributed by atoms with Gasteiger partial charge in [0.05, 0.1) is 16.2 Å². The van der Waals surface area contributed by atoms with Gasteiger partial charge in [-0.05, 0) is 18.6 Å². The summed E-state index contributed by atoms with van der Waals surface area (Å²) in [5.74, 6) is 0.458. The molecule has 2 rings (SSSR count). The molecule has 0 aliphatic rings. The Hall–Kier alpha value is -2.94. The second-order valence-corrected chi connectivity index (χ2v) is 4.22. The van der Waals surface area contributed by atoms with Crippen molar-refractivity contribution in [2.45, 2.75) is 6.92 Å². The van der Waals surface area contributed by atoms with Crippen LogP contribution in [0.3, 0.4) is 0 Å². The van der Waals surface area contributed by atoms with Crippen molar-refractivity contribution in [3.8, 4) is 17.3 Å². The second-order valence-electron chi connectivity index (χ2n) is 4.22. The molecule has 0 amide bonds. The van der Waals surface area contributed by atoms with Gasteiger partial charge in [0.15, 0.2) is 0 Å². The first-order chi connectivity index (χ1) is 9.56. The molecule has 6 nitrogen and oxygen atoms in total. The maximum atomic E-state index is 10.8. The van der Waals surface area contributed by atoms with E-state index in [1.165, 1.54) is 12.1 Å². The number of rotatable bonds is 3. The van der Waals surface area contributed by atoms with E-state index in [9.17, 15) is 10.1 Å². The molecule has 1 N–H and O–H groups in total. The van der Waals surface area contributed by atoms with Crippen LogP contribution in [0.5, 0.6) is 0 Å². The van der Waals surface area contributed by atoms with E-state index in [0.29, 0.717) is 22.6 Å². The number of hydrogen-bond donors (Lipinski definition) is 1. The fourth-order valence-corrected chi connectivity index (χ4v) is 1.95. The molecular weight excluding hydrogens is 256 g/mol. The van der Waals surface area contributed by atoms with Crippen molar-refractivity contribution in [2.24, 2.45) is 0 Å². The summed E-state index contributed by atoms with van der Waals surface area (Å²) in [5.41, 5.74) is 2.52. The lowest BCUT2D eigenvalue weighted by molar-refractivity contribution is -0.384. The summed E-state index contributed by atoms with van der Waals surface area (Å²) in [6.45, 7) is 1.82. The summed E-state index contributed by atoms with van der Waals surface area (Å²) in [6, 6.07) is 10.1. The van der Waals surface area contributed by atoms with Gasteiger partial charge in [-0.25, -0.2) is 4.98 Å². The second kappa shape index (κ2) is 5.36. The lowest BCUT2D eigenvalue weighted by atomic mass is 10.0. The van der Waals surface area contributed by atoms with E-state index in [-0.39, 0.29) is 5.69 Å². The van der Waals surface area contributed by atoms with Gasteiger partial charge < -0.3 is 5.32 Å². The highest BCUT2D eigenvalue weighted by molar-refractivity contribution is 5.69. The van der Waals surface area contributed by atoms with E-state index in [1.54, 1.807) is 25.2 Å². The molecule has 0 aliphatic carbocycles. The summed E-state index contributed by atoms with van der Waals surface area (Å²) in [5, 5.41) is 22.7. The van der Waals surface area contributed by atoms with Crippen molar-refractivity contribution < 1.29 is 4.92 Å². The third-order valence-corrected chi connectivity index (χ3v) is 2.90. The highest BCUT2D eigenvalue weighted by atomic mass is 16.6. The molecule has 0 fully saturated rings. The number of aromatic nitrogens is 1. The molecule has 0 radical (unpaired) electrons. The van der Waals surface area contributed by atoms with Crippen LogP contribution in [-0.4, -0.2) is 17.0 Å². The Labute approximate surface area is 115 Å². The molecule has 0 atom stereocenters. The molecule has 100 valence electrons. The van der Waals surface area contributed by atoms with Crippen LogP contribution in [0.1, 0.15) is 11.1 Å². The van der Waals surface area contributed by atoms with Crippen LogP contribution < -0.4 is 5.32 Å². The number of nitro benzene ring substituents is 1. The van der Waals surface area contributed by atoms with Crippen LogP contribution >= 0.6 is 0 Å². The minimum absolute atomic E-state index is 0.0130. The minimum atomic E-state index is -0.443. The van der Waals surface area contributed by atoms with Crippen LogP contribution in [0.4, 0.5) is 11.5 Å². The van der Waals surface area contributed by atoms with Gasteiger partial charge in [0.1, 0.15) is 11.9 Å². The molecule has 20 heavy (non-hydrogen) atoms. The quantitative estimate of drug-likeness (QED) is 0.682. The van der Waals surface area contributed by atoms with Gasteiger partial charge in [0, 0.05) is 24.7 Å². The first kappa shape index (κ1) is 13.5. The average Bonchev–Trinajstić information content (AvgIpc) is 2.46. The number of pyridine rings is 1. The Kier molecular flexibility index (Phi) is 3.62. The predicted molar refractivity (Wildman–Crippen MR) is 75.3 cm³/mol. The Morgan fingerprint density at radius 1 is 1.40 bits per heavy atom. The van der Waals surface area contributed by atoms with Crippen molar-refractivity contribution in [1.29, 1.82) is 5.26 Å².